The van der Waals surface area contributed by atoms with Gasteiger partial charge in [0.25, 0.3) is 5.91 Å². The zero-order valence-electron chi connectivity index (χ0n) is 10.5. The number of hydrogen-bond acceptors (Lipinski definition) is 3. The van der Waals surface area contributed by atoms with Crippen molar-refractivity contribution in [1.82, 2.24) is 4.90 Å². The van der Waals surface area contributed by atoms with Gasteiger partial charge in [-0.1, -0.05) is 18.2 Å². The van der Waals surface area contributed by atoms with Crippen molar-refractivity contribution in [2.24, 2.45) is 0 Å². The van der Waals surface area contributed by atoms with E-state index in [0.29, 0.717) is 30.8 Å². The highest BCUT2D eigenvalue weighted by Gasteiger charge is 2.16. The molecule has 0 radical (unpaired) electrons. The summed E-state index contributed by atoms with van der Waals surface area (Å²) in [6.45, 7) is 0.771. The van der Waals surface area contributed by atoms with Crippen LogP contribution in [0, 0.1) is 11.3 Å². The second kappa shape index (κ2) is 6.41. The Morgan fingerprint density at radius 2 is 2.00 bits per heavy atom. The van der Waals surface area contributed by atoms with Crippen LogP contribution < -0.4 is 0 Å². The molecule has 0 saturated heterocycles. The van der Waals surface area contributed by atoms with Crippen LogP contribution in [0.2, 0.25) is 0 Å². The average molecular weight is 254 g/mol. The van der Waals surface area contributed by atoms with Crippen molar-refractivity contribution in [2.75, 3.05) is 6.54 Å². The van der Waals surface area contributed by atoms with Gasteiger partial charge in [-0.15, -0.1) is 0 Å². The molecule has 4 nitrogen and oxygen atoms in total. The van der Waals surface area contributed by atoms with Crippen LogP contribution in [0.15, 0.2) is 53.1 Å². The number of hydrogen-bond donors (Lipinski definition) is 0. The maximum atomic E-state index is 12.4. The number of nitriles is 1. The average Bonchev–Trinajstić information content (AvgIpc) is 2.96. The Labute approximate surface area is 111 Å². The van der Waals surface area contributed by atoms with Gasteiger partial charge >= 0.3 is 0 Å². The topological polar surface area (TPSA) is 57.2 Å². The van der Waals surface area contributed by atoms with Gasteiger partial charge in [0.2, 0.25) is 0 Å². The second-order valence-corrected chi connectivity index (χ2v) is 4.08. The SMILES string of the molecule is N#CCCN(Cc1ccco1)C(=O)c1ccccc1. The first-order chi connectivity index (χ1) is 9.31. The van der Waals surface area contributed by atoms with Crippen LogP contribution in [0.5, 0.6) is 0 Å². The Morgan fingerprint density at radius 3 is 2.63 bits per heavy atom. The van der Waals surface area contributed by atoms with Gasteiger partial charge < -0.3 is 9.32 Å². The van der Waals surface area contributed by atoms with E-state index in [1.807, 2.05) is 24.3 Å². The molecule has 0 aliphatic carbocycles. The van der Waals surface area contributed by atoms with Crippen LogP contribution in [0.25, 0.3) is 0 Å². The lowest BCUT2D eigenvalue weighted by atomic mass is 10.2. The first-order valence-corrected chi connectivity index (χ1v) is 6.05. The van der Waals surface area contributed by atoms with E-state index < -0.39 is 0 Å². The molecule has 0 aliphatic heterocycles. The predicted molar refractivity (Wildman–Crippen MR) is 70.1 cm³/mol. The molecule has 0 spiro atoms. The largest absolute Gasteiger partial charge is 0.467 e. The number of benzene rings is 1. The van der Waals surface area contributed by atoms with Crippen molar-refractivity contribution in [3.05, 3.63) is 60.1 Å². The van der Waals surface area contributed by atoms with Crippen molar-refractivity contribution in [1.29, 1.82) is 5.26 Å². The van der Waals surface area contributed by atoms with Crippen molar-refractivity contribution < 1.29 is 9.21 Å². The molecule has 4 heteroatoms. The fourth-order valence-corrected chi connectivity index (χ4v) is 1.79. The summed E-state index contributed by atoms with van der Waals surface area (Å²) in [4.78, 5) is 14.0. The normalized spacial score (nSPS) is 9.84. The highest BCUT2D eigenvalue weighted by molar-refractivity contribution is 5.94. The molecule has 0 unspecified atom stereocenters. The molecule has 0 aliphatic rings. The van der Waals surface area contributed by atoms with Crippen molar-refractivity contribution in [3.63, 3.8) is 0 Å². The van der Waals surface area contributed by atoms with Gasteiger partial charge in [0.15, 0.2) is 0 Å². The fourth-order valence-electron chi connectivity index (χ4n) is 1.79. The fraction of sp³-hybridized carbons (Fsp3) is 0.200. The van der Waals surface area contributed by atoms with Gasteiger partial charge in [-0.05, 0) is 24.3 Å². The number of nitrogens with zero attached hydrogens (tertiary/aromatic N) is 2. The molecule has 1 amide bonds. The second-order valence-electron chi connectivity index (χ2n) is 4.08. The molecule has 1 heterocycles. The third-order valence-electron chi connectivity index (χ3n) is 2.73. The molecule has 0 fully saturated rings. The minimum absolute atomic E-state index is 0.0905. The summed E-state index contributed by atoms with van der Waals surface area (Å²) in [5, 5.41) is 8.68. The molecule has 0 saturated carbocycles. The van der Waals surface area contributed by atoms with Crippen molar-refractivity contribution >= 4 is 5.91 Å². The van der Waals surface area contributed by atoms with E-state index in [2.05, 4.69) is 6.07 Å². The Balaban J connectivity index is 2.13. The summed E-state index contributed by atoms with van der Waals surface area (Å²) >= 11 is 0. The number of carbonyl (C=O) groups is 1. The molecule has 1 aromatic heterocycles. The standard InChI is InChI=1S/C15H14N2O2/c16-9-5-10-17(12-14-8-4-11-19-14)15(18)13-6-2-1-3-7-13/h1-4,6-8,11H,5,10,12H2. The van der Waals surface area contributed by atoms with E-state index in [9.17, 15) is 4.79 Å². The quantitative estimate of drug-likeness (QED) is 0.824. The molecule has 0 bridgehead atoms. The third-order valence-corrected chi connectivity index (χ3v) is 2.73. The van der Waals surface area contributed by atoms with Crippen LogP contribution in [0.3, 0.4) is 0 Å². The highest BCUT2D eigenvalue weighted by Crippen LogP contribution is 2.11. The molecule has 1 aromatic carbocycles. The number of carbonyl (C=O) groups excluding carboxylic acids is 1. The van der Waals surface area contributed by atoms with E-state index in [0.717, 1.165) is 0 Å². The zero-order valence-corrected chi connectivity index (χ0v) is 10.5. The molecule has 2 rings (SSSR count). The van der Waals surface area contributed by atoms with Gasteiger partial charge in [0.05, 0.1) is 25.3 Å². The van der Waals surface area contributed by atoms with Gasteiger partial charge in [-0.3, -0.25) is 4.79 Å². The summed E-state index contributed by atoms with van der Waals surface area (Å²) in [6.07, 6.45) is 1.88. The Morgan fingerprint density at radius 1 is 1.21 bits per heavy atom. The van der Waals surface area contributed by atoms with Crippen LogP contribution in [0.4, 0.5) is 0 Å². The van der Waals surface area contributed by atoms with Gasteiger partial charge in [0, 0.05) is 12.1 Å². The van der Waals surface area contributed by atoms with Gasteiger partial charge in [-0.2, -0.15) is 5.26 Å². The van der Waals surface area contributed by atoms with Crippen LogP contribution in [-0.4, -0.2) is 17.4 Å². The Bertz CT molecular complexity index is 556. The number of amides is 1. The monoisotopic (exact) mass is 254 g/mol. The smallest absolute Gasteiger partial charge is 0.254 e. The first kappa shape index (κ1) is 12.9. The Kier molecular flexibility index (Phi) is 4.35. The lowest BCUT2D eigenvalue weighted by molar-refractivity contribution is 0.0735. The molecular weight excluding hydrogens is 240 g/mol. The summed E-state index contributed by atoms with van der Waals surface area (Å²) in [7, 11) is 0. The van der Waals surface area contributed by atoms with Crippen LogP contribution >= 0.6 is 0 Å². The lowest BCUT2D eigenvalue weighted by Gasteiger charge is -2.20. The van der Waals surface area contributed by atoms with Crippen molar-refractivity contribution in [3.8, 4) is 6.07 Å². The van der Waals surface area contributed by atoms with E-state index in [1.165, 1.54) is 0 Å². The van der Waals surface area contributed by atoms with Crippen LogP contribution in [0.1, 0.15) is 22.5 Å². The highest BCUT2D eigenvalue weighted by atomic mass is 16.3. The van der Waals surface area contributed by atoms with E-state index in [-0.39, 0.29) is 5.91 Å². The molecule has 0 N–H and O–H groups in total. The van der Waals surface area contributed by atoms with Crippen molar-refractivity contribution in [2.45, 2.75) is 13.0 Å². The first-order valence-electron chi connectivity index (χ1n) is 6.05. The molecule has 19 heavy (non-hydrogen) atoms. The maximum absolute atomic E-state index is 12.4. The molecular formula is C15H14N2O2. The summed E-state index contributed by atoms with van der Waals surface area (Å²) in [6, 6.07) is 14.7. The Hall–Kier alpha value is -2.54. The lowest BCUT2D eigenvalue weighted by Crippen LogP contribution is -2.31. The van der Waals surface area contributed by atoms with E-state index >= 15 is 0 Å². The third kappa shape index (κ3) is 3.46. The molecule has 2 aromatic rings. The van der Waals surface area contributed by atoms with E-state index in [1.54, 1.807) is 29.4 Å². The number of rotatable bonds is 5. The molecule has 0 atom stereocenters. The van der Waals surface area contributed by atoms with Crippen LogP contribution in [-0.2, 0) is 6.54 Å². The zero-order chi connectivity index (χ0) is 13.5. The number of furan rings is 1. The minimum Gasteiger partial charge on any atom is -0.467 e. The summed E-state index contributed by atoms with van der Waals surface area (Å²) < 4.78 is 5.25. The minimum atomic E-state index is -0.0905. The summed E-state index contributed by atoms with van der Waals surface area (Å²) in [5.41, 5.74) is 0.618. The maximum Gasteiger partial charge on any atom is 0.254 e. The summed E-state index contributed by atoms with van der Waals surface area (Å²) in [5.74, 6) is 0.620. The predicted octanol–water partition coefficient (Wildman–Crippen LogP) is 2.84. The van der Waals surface area contributed by atoms with Gasteiger partial charge in [-0.25, -0.2) is 0 Å². The van der Waals surface area contributed by atoms with Gasteiger partial charge in [0.1, 0.15) is 5.76 Å². The van der Waals surface area contributed by atoms with E-state index in [4.69, 9.17) is 9.68 Å². The molecule has 96 valence electrons.